The maximum absolute atomic E-state index is 12.3. The first-order valence-electron chi connectivity index (χ1n) is 17.5. The third-order valence-corrected chi connectivity index (χ3v) is 7.67. The van der Waals surface area contributed by atoms with E-state index in [2.05, 4.69) is 36.6 Å². The summed E-state index contributed by atoms with van der Waals surface area (Å²) in [6.45, 7) is 3.48. The molecule has 0 aromatic carbocycles. The average molecular weight is 671 g/mol. The molecule has 2 atom stereocenters. The van der Waals surface area contributed by atoms with Crippen LogP contribution in [0.1, 0.15) is 142 Å². The van der Waals surface area contributed by atoms with Gasteiger partial charge < -0.3 is 24.4 Å². The lowest BCUT2D eigenvalue weighted by Gasteiger charge is -2.18. The van der Waals surface area contributed by atoms with E-state index in [-0.39, 0.29) is 19.4 Å². The predicted molar refractivity (Wildman–Crippen MR) is 185 cm³/mol. The van der Waals surface area contributed by atoms with Crippen LogP contribution >= 0.6 is 7.82 Å². The van der Waals surface area contributed by atoms with Crippen molar-refractivity contribution in [2.24, 2.45) is 0 Å². The molecule has 0 radical (unpaired) electrons. The smallest absolute Gasteiger partial charge is 0.462 e. The van der Waals surface area contributed by atoms with Crippen LogP contribution in [0.25, 0.3) is 0 Å². The highest BCUT2D eigenvalue weighted by Crippen LogP contribution is 2.35. The zero-order chi connectivity index (χ0) is 34.1. The highest BCUT2D eigenvalue weighted by molar-refractivity contribution is 7.46. The number of aliphatic hydroxyl groups is 1. The molecule has 0 heterocycles. The molecule has 0 spiro atoms. The van der Waals surface area contributed by atoms with Gasteiger partial charge in [0.25, 0.3) is 0 Å². The monoisotopic (exact) mass is 670 g/mol. The number of allylic oxidation sites excluding steroid dienone is 6. The number of esters is 2. The normalized spacial score (nSPS) is 13.8. The summed E-state index contributed by atoms with van der Waals surface area (Å²) in [5, 5.41) is 10.0. The fourth-order valence-corrected chi connectivity index (χ4v) is 4.86. The lowest BCUT2D eigenvalue weighted by molar-refractivity contribution is -0.161. The Balaban J connectivity index is 4.20. The van der Waals surface area contributed by atoms with Crippen molar-refractivity contribution >= 4 is 19.8 Å². The zero-order valence-corrected chi connectivity index (χ0v) is 29.5. The van der Waals surface area contributed by atoms with Gasteiger partial charge in [-0.05, 0) is 44.9 Å². The average Bonchev–Trinajstić information content (AvgIpc) is 3.01. The first kappa shape index (κ1) is 44.0. The van der Waals surface area contributed by atoms with Crippen molar-refractivity contribution in [3.05, 3.63) is 48.6 Å². The number of carbonyl (C=O) groups excluding carboxylic acids is 2. The van der Waals surface area contributed by atoms with Crippen LogP contribution in [0.3, 0.4) is 0 Å². The Labute approximate surface area is 278 Å². The molecular weight excluding hydrogens is 607 g/mol. The van der Waals surface area contributed by atoms with E-state index in [0.717, 1.165) is 32.1 Å². The van der Waals surface area contributed by atoms with Gasteiger partial charge in [-0.3, -0.25) is 14.1 Å². The molecular formula is C36H63O9P. The molecule has 0 rings (SSSR count). The summed E-state index contributed by atoms with van der Waals surface area (Å²) in [6.07, 6.45) is 33.0. The summed E-state index contributed by atoms with van der Waals surface area (Å²) in [6, 6.07) is 0. The third-order valence-electron chi connectivity index (χ3n) is 7.18. The van der Waals surface area contributed by atoms with Crippen molar-refractivity contribution in [3.63, 3.8) is 0 Å². The van der Waals surface area contributed by atoms with Gasteiger partial charge in [-0.1, -0.05) is 133 Å². The van der Waals surface area contributed by atoms with Crippen molar-refractivity contribution in [1.29, 1.82) is 0 Å². The van der Waals surface area contributed by atoms with Crippen LogP contribution in [0.5, 0.6) is 0 Å². The summed E-state index contributed by atoms with van der Waals surface area (Å²) in [7, 11) is -4.78. The number of unbranched alkanes of at least 4 members (excludes halogenated alkanes) is 13. The van der Waals surface area contributed by atoms with Gasteiger partial charge in [-0.2, -0.15) is 0 Å². The van der Waals surface area contributed by atoms with E-state index in [9.17, 15) is 19.3 Å². The van der Waals surface area contributed by atoms with Gasteiger partial charge in [-0.15, -0.1) is 0 Å². The minimum Gasteiger partial charge on any atom is -0.462 e. The quantitative estimate of drug-likeness (QED) is 0.0217. The van der Waals surface area contributed by atoms with Crippen LogP contribution in [-0.4, -0.2) is 52.3 Å². The van der Waals surface area contributed by atoms with E-state index < -0.39 is 38.6 Å². The Morgan fingerprint density at radius 3 is 1.93 bits per heavy atom. The first-order valence-corrected chi connectivity index (χ1v) is 19.1. The second kappa shape index (κ2) is 31.6. The second-order valence-electron chi connectivity index (χ2n) is 11.7. The summed E-state index contributed by atoms with van der Waals surface area (Å²) >= 11 is 0. The maximum Gasteiger partial charge on any atom is 0.469 e. The van der Waals surface area contributed by atoms with E-state index in [1.807, 2.05) is 18.2 Å². The molecule has 10 heteroatoms. The van der Waals surface area contributed by atoms with Gasteiger partial charge in [0, 0.05) is 12.8 Å². The van der Waals surface area contributed by atoms with Crippen LogP contribution in [0, 0.1) is 0 Å². The van der Waals surface area contributed by atoms with E-state index in [0.29, 0.717) is 25.7 Å². The second-order valence-corrected chi connectivity index (χ2v) is 12.9. The lowest BCUT2D eigenvalue weighted by atomic mass is 10.1. The standard InChI is InChI=1S/C36H63O9P/c1-3-5-7-9-11-13-15-17-21-26-30-36(39)45-34(32-44-46(40,41)42)31-43-35(38)29-25-22-18-20-24-28-33(37)27-23-19-16-14-12-10-8-6-4-2/h12,14,18-20,23-24,28,33-34,37H,3-11,13,15-17,21-22,25-27,29-32H2,1-2H3,(H2,40,41,42)/b14-12-,20-18+,23-19-,28-24-/t33?,34-/m1/s1. The first-order chi connectivity index (χ1) is 22.2. The number of hydrogen-bond acceptors (Lipinski definition) is 7. The fraction of sp³-hybridized carbons (Fsp3) is 0.722. The van der Waals surface area contributed by atoms with Crippen LogP contribution in [-0.2, 0) is 28.2 Å². The fourth-order valence-electron chi connectivity index (χ4n) is 4.50. The number of carbonyl (C=O) groups is 2. The molecule has 0 saturated carbocycles. The molecule has 266 valence electrons. The number of phosphoric ester groups is 1. The van der Waals surface area contributed by atoms with E-state index in [4.69, 9.17) is 19.3 Å². The number of hydrogen-bond donors (Lipinski definition) is 3. The highest BCUT2D eigenvalue weighted by Gasteiger charge is 2.22. The predicted octanol–water partition coefficient (Wildman–Crippen LogP) is 8.98. The Morgan fingerprint density at radius 2 is 1.26 bits per heavy atom. The summed E-state index contributed by atoms with van der Waals surface area (Å²) in [5.74, 6) is -1.02. The van der Waals surface area contributed by atoms with Crippen molar-refractivity contribution in [1.82, 2.24) is 0 Å². The molecule has 0 aromatic heterocycles. The maximum atomic E-state index is 12.3. The minimum atomic E-state index is -4.78. The van der Waals surface area contributed by atoms with Crippen molar-refractivity contribution in [2.75, 3.05) is 13.2 Å². The molecule has 0 aliphatic heterocycles. The highest BCUT2D eigenvalue weighted by atomic mass is 31.2. The number of aliphatic hydroxyl groups excluding tert-OH is 1. The molecule has 0 fully saturated rings. The van der Waals surface area contributed by atoms with Crippen molar-refractivity contribution in [3.8, 4) is 0 Å². The molecule has 0 bridgehead atoms. The molecule has 0 aliphatic carbocycles. The summed E-state index contributed by atoms with van der Waals surface area (Å²) in [5.41, 5.74) is 0. The largest absolute Gasteiger partial charge is 0.469 e. The summed E-state index contributed by atoms with van der Waals surface area (Å²) < 4.78 is 26.1. The van der Waals surface area contributed by atoms with Gasteiger partial charge in [0.05, 0.1) is 12.7 Å². The Morgan fingerprint density at radius 1 is 0.674 bits per heavy atom. The lowest BCUT2D eigenvalue weighted by Crippen LogP contribution is -2.29. The van der Waals surface area contributed by atoms with E-state index >= 15 is 0 Å². The molecule has 0 aliphatic rings. The topological polar surface area (TPSA) is 140 Å². The van der Waals surface area contributed by atoms with Crippen LogP contribution in [0.2, 0.25) is 0 Å². The molecule has 0 saturated heterocycles. The molecule has 3 N–H and O–H groups in total. The Bertz CT molecular complexity index is 907. The third kappa shape index (κ3) is 33.3. The van der Waals surface area contributed by atoms with Crippen LogP contribution < -0.4 is 0 Å². The molecule has 0 aromatic rings. The number of phosphoric acid groups is 1. The van der Waals surface area contributed by atoms with Crippen LogP contribution in [0.4, 0.5) is 0 Å². The number of rotatable bonds is 31. The molecule has 1 unspecified atom stereocenters. The van der Waals surface area contributed by atoms with Gasteiger partial charge in [0.15, 0.2) is 6.10 Å². The molecule has 0 amide bonds. The SMILES string of the molecule is CCCCC/C=C\C/C=C\CC(O)/C=C\C=C\CCCC(=O)OC[C@H](COP(=O)(O)O)OC(=O)CCCCCCCCCCCC. The summed E-state index contributed by atoms with van der Waals surface area (Å²) in [4.78, 5) is 42.5. The van der Waals surface area contributed by atoms with Gasteiger partial charge in [0.2, 0.25) is 0 Å². The van der Waals surface area contributed by atoms with Gasteiger partial charge in [-0.25, -0.2) is 4.57 Å². The minimum absolute atomic E-state index is 0.132. The van der Waals surface area contributed by atoms with E-state index in [1.165, 1.54) is 57.8 Å². The molecule has 9 nitrogen and oxygen atoms in total. The van der Waals surface area contributed by atoms with Gasteiger partial charge >= 0.3 is 19.8 Å². The Kier molecular flexibility index (Phi) is 30.2. The van der Waals surface area contributed by atoms with E-state index in [1.54, 1.807) is 12.2 Å². The van der Waals surface area contributed by atoms with Crippen molar-refractivity contribution in [2.45, 2.75) is 154 Å². The van der Waals surface area contributed by atoms with Crippen molar-refractivity contribution < 1.29 is 43.0 Å². The van der Waals surface area contributed by atoms with Crippen LogP contribution in [0.15, 0.2) is 48.6 Å². The zero-order valence-electron chi connectivity index (χ0n) is 28.6. The Hall–Kier alpha value is -2.03. The molecule has 46 heavy (non-hydrogen) atoms. The van der Waals surface area contributed by atoms with Gasteiger partial charge in [0.1, 0.15) is 6.61 Å². The number of ether oxygens (including phenoxy) is 2.